The van der Waals surface area contributed by atoms with Crippen molar-refractivity contribution < 1.29 is 9.53 Å². The monoisotopic (exact) mass is 389 g/mol. The van der Waals surface area contributed by atoms with Gasteiger partial charge in [-0.05, 0) is 54.7 Å². The number of aryl methyl sites for hydroxylation is 2. The minimum atomic E-state index is -0.324. The number of ether oxygens (including phenoxy) is 1. The van der Waals surface area contributed by atoms with Crippen LogP contribution in [0.1, 0.15) is 23.1 Å². The van der Waals surface area contributed by atoms with Gasteiger partial charge in [0.05, 0.1) is 13.2 Å². The molecule has 150 valence electrons. The number of anilines is 1. The van der Waals surface area contributed by atoms with E-state index in [9.17, 15) is 10.1 Å². The van der Waals surface area contributed by atoms with Crippen molar-refractivity contribution in [1.29, 1.82) is 5.26 Å². The van der Waals surface area contributed by atoms with Gasteiger partial charge in [0, 0.05) is 25.3 Å². The summed E-state index contributed by atoms with van der Waals surface area (Å²) in [6, 6.07) is 18.2. The minimum absolute atomic E-state index is 0.128. The Labute approximate surface area is 172 Å². The molecule has 1 amide bonds. The second-order valence-electron chi connectivity index (χ2n) is 7.16. The highest BCUT2D eigenvalue weighted by Crippen LogP contribution is 2.23. The summed E-state index contributed by atoms with van der Waals surface area (Å²) in [4.78, 5) is 14.7. The molecule has 0 aliphatic carbocycles. The maximum Gasteiger partial charge on any atom is 0.261 e. The number of carbonyl (C=O) groups excluding carboxylic acids is 1. The molecule has 0 radical (unpaired) electrons. The van der Waals surface area contributed by atoms with Crippen LogP contribution >= 0.6 is 0 Å². The quantitative estimate of drug-likeness (QED) is 0.447. The number of amides is 1. The zero-order chi connectivity index (χ0) is 20.5. The summed E-state index contributed by atoms with van der Waals surface area (Å²) < 4.78 is 5.41. The first-order valence-electron chi connectivity index (χ1n) is 10.0. The van der Waals surface area contributed by atoms with E-state index in [1.807, 2.05) is 36.4 Å². The molecule has 0 saturated carbocycles. The van der Waals surface area contributed by atoms with E-state index in [1.165, 1.54) is 11.3 Å². The molecule has 1 heterocycles. The largest absolute Gasteiger partial charge is 0.378 e. The fraction of sp³-hybridized carbons (Fsp3) is 0.333. The Morgan fingerprint density at radius 3 is 2.66 bits per heavy atom. The van der Waals surface area contributed by atoms with Gasteiger partial charge in [0.1, 0.15) is 11.6 Å². The summed E-state index contributed by atoms with van der Waals surface area (Å²) in [5, 5.41) is 12.3. The van der Waals surface area contributed by atoms with Gasteiger partial charge in [-0.25, -0.2) is 0 Å². The number of hydrogen-bond donors (Lipinski definition) is 1. The van der Waals surface area contributed by atoms with Crippen LogP contribution in [0.4, 0.5) is 5.69 Å². The van der Waals surface area contributed by atoms with E-state index in [-0.39, 0.29) is 11.5 Å². The molecule has 2 aromatic rings. The Kier molecular flexibility index (Phi) is 7.43. The molecule has 0 spiro atoms. The molecule has 2 aromatic carbocycles. The van der Waals surface area contributed by atoms with E-state index < -0.39 is 0 Å². The van der Waals surface area contributed by atoms with Gasteiger partial charge in [-0.3, -0.25) is 4.79 Å². The van der Waals surface area contributed by atoms with Crippen molar-refractivity contribution in [2.45, 2.75) is 19.8 Å². The third kappa shape index (κ3) is 5.94. The number of carbonyl (C=O) groups is 1. The van der Waals surface area contributed by atoms with Gasteiger partial charge in [0.25, 0.3) is 5.91 Å². The van der Waals surface area contributed by atoms with Crippen molar-refractivity contribution in [1.82, 2.24) is 5.32 Å². The van der Waals surface area contributed by atoms with Gasteiger partial charge in [0.15, 0.2) is 0 Å². The van der Waals surface area contributed by atoms with Gasteiger partial charge in [-0.15, -0.1) is 0 Å². The summed E-state index contributed by atoms with van der Waals surface area (Å²) in [6.07, 6.45) is 3.39. The van der Waals surface area contributed by atoms with E-state index in [1.54, 1.807) is 6.08 Å². The van der Waals surface area contributed by atoms with Crippen molar-refractivity contribution in [3.63, 3.8) is 0 Å². The van der Waals surface area contributed by atoms with Gasteiger partial charge >= 0.3 is 0 Å². The smallest absolute Gasteiger partial charge is 0.261 e. The van der Waals surface area contributed by atoms with Crippen LogP contribution in [-0.2, 0) is 16.0 Å². The summed E-state index contributed by atoms with van der Waals surface area (Å²) in [6.45, 7) is 5.84. The first-order valence-corrected chi connectivity index (χ1v) is 10.0. The number of rotatable bonds is 7. The lowest BCUT2D eigenvalue weighted by Gasteiger charge is -2.30. The highest BCUT2D eigenvalue weighted by Gasteiger charge is 2.14. The molecule has 0 aromatic heterocycles. The minimum Gasteiger partial charge on any atom is -0.378 e. The molecule has 1 saturated heterocycles. The average molecular weight is 389 g/mol. The highest BCUT2D eigenvalue weighted by atomic mass is 16.5. The number of nitrogens with zero attached hydrogens (tertiary/aromatic N) is 2. The molecule has 0 bridgehead atoms. The Balaban J connectivity index is 1.57. The lowest BCUT2D eigenvalue weighted by atomic mass is 10.1. The molecule has 1 aliphatic rings. The Bertz CT molecular complexity index is 894. The van der Waals surface area contributed by atoms with Gasteiger partial charge in [0.2, 0.25) is 0 Å². The molecule has 5 nitrogen and oxygen atoms in total. The molecule has 29 heavy (non-hydrogen) atoms. The van der Waals surface area contributed by atoms with Gasteiger partial charge in [-0.2, -0.15) is 5.26 Å². The molecule has 0 unspecified atom stereocenters. The van der Waals surface area contributed by atoms with Crippen LogP contribution in [0, 0.1) is 18.3 Å². The lowest BCUT2D eigenvalue weighted by Crippen LogP contribution is -2.36. The maximum absolute atomic E-state index is 12.4. The SMILES string of the molecule is Cc1cc(/C=C(/C#N)C(=O)NCCCc2ccccc2)ccc1N1CCOCC1. The second kappa shape index (κ2) is 10.4. The van der Waals surface area contributed by atoms with Crippen LogP contribution in [-0.4, -0.2) is 38.8 Å². The van der Waals surface area contributed by atoms with E-state index in [4.69, 9.17) is 4.74 Å². The zero-order valence-corrected chi connectivity index (χ0v) is 16.9. The predicted octanol–water partition coefficient (Wildman–Crippen LogP) is 3.49. The Morgan fingerprint density at radius 1 is 1.21 bits per heavy atom. The van der Waals surface area contributed by atoms with Crippen molar-refractivity contribution >= 4 is 17.7 Å². The summed E-state index contributed by atoms with van der Waals surface area (Å²) in [5.74, 6) is -0.324. The van der Waals surface area contributed by atoms with E-state index >= 15 is 0 Å². The van der Waals surface area contributed by atoms with Crippen LogP contribution in [0.3, 0.4) is 0 Å². The topological polar surface area (TPSA) is 65.4 Å². The molecule has 3 rings (SSSR count). The second-order valence-corrected chi connectivity index (χ2v) is 7.16. The first kappa shape index (κ1) is 20.6. The van der Waals surface area contributed by atoms with Crippen LogP contribution in [0.15, 0.2) is 54.1 Å². The van der Waals surface area contributed by atoms with E-state index in [2.05, 4.69) is 35.3 Å². The standard InChI is InChI=1S/C24H27N3O2/c1-19-16-21(9-10-23(19)27-12-14-29-15-13-27)17-22(18-25)24(28)26-11-5-8-20-6-3-2-4-7-20/h2-4,6-7,9-10,16-17H,5,8,11-15H2,1H3,(H,26,28)/b22-17-. The first-order chi connectivity index (χ1) is 14.2. The predicted molar refractivity (Wildman–Crippen MR) is 116 cm³/mol. The van der Waals surface area contributed by atoms with Crippen molar-refractivity contribution in [3.05, 3.63) is 70.8 Å². The molecule has 0 atom stereocenters. The molecular formula is C24H27N3O2. The zero-order valence-electron chi connectivity index (χ0n) is 16.9. The third-order valence-electron chi connectivity index (χ3n) is 5.02. The number of nitriles is 1. The van der Waals surface area contributed by atoms with Gasteiger partial charge < -0.3 is 15.0 Å². The normalized spacial score (nSPS) is 14.3. The highest BCUT2D eigenvalue weighted by molar-refractivity contribution is 6.01. The van der Waals surface area contributed by atoms with Crippen LogP contribution in [0.2, 0.25) is 0 Å². The molecular weight excluding hydrogens is 362 g/mol. The van der Waals surface area contributed by atoms with Gasteiger partial charge in [-0.1, -0.05) is 36.4 Å². The molecule has 1 N–H and O–H groups in total. The lowest BCUT2D eigenvalue weighted by molar-refractivity contribution is -0.117. The summed E-state index contributed by atoms with van der Waals surface area (Å²) in [7, 11) is 0. The summed E-state index contributed by atoms with van der Waals surface area (Å²) in [5.41, 5.74) is 4.53. The Hall–Kier alpha value is -3.10. The number of benzene rings is 2. The molecule has 5 heteroatoms. The van der Waals surface area contributed by atoms with Crippen molar-refractivity contribution in [2.75, 3.05) is 37.7 Å². The number of nitrogens with one attached hydrogen (secondary N) is 1. The molecule has 1 aliphatic heterocycles. The van der Waals surface area contributed by atoms with Crippen LogP contribution in [0.25, 0.3) is 6.08 Å². The maximum atomic E-state index is 12.4. The van der Waals surface area contributed by atoms with Crippen LogP contribution < -0.4 is 10.2 Å². The third-order valence-corrected chi connectivity index (χ3v) is 5.02. The van der Waals surface area contributed by atoms with Crippen molar-refractivity contribution in [3.8, 4) is 6.07 Å². The Morgan fingerprint density at radius 2 is 1.97 bits per heavy atom. The fourth-order valence-corrected chi connectivity index (χ4v) is 3.48. The number of hydrogen-bond acceptors (Lipinski definition) is 4. The fourth-order valence-electron chi connectivity index (χ4n) is 3.48. The van der Waals surface area contributed by atoms with Crippen molar-refractivity contribution in [2.24, 2.45) is 0 Å². The van der Waals surface area contributed by atoms with E-state index in [0.29, 0.717) is 6.54 Å². The molecule has 1 fully saturated rings. The average Bonchev–Trinajstić information content (AvgIpc) is 2.76. The number of morpholine rings is 1. The van der Waals surface area contributed by atoms with E-state index in [0.717, 1.165) is 50.3 Å². The van der Waals surface area contributed by atoms with Crippen LogP contribution in [0.5, 0.6) is 0 Å². The summed E-state index contributed by atoms with van der Waals surface area (Å²) >= 11 is 0.